The zero-order valence-electron chi connectivity index (χ0n) is 13.8. The van der Waals surface area contributed by atoms with Gasteiger partial charge >= 0.3 is 5.97 Å². The molecule has 0 spiro atoms. The SMILES string of the molecule is CCOC(=O)CC(NC1CCCC1)C(=O)c1ccc(OC)cc1. The highest BCUT2D eigenvalue weighted by molar-refractivity contribution is 6.01. The Labute approximate surface area is 137 Å². The number of hydrogen-bond donors (Lipinski definition) is 1. The van der Waals surface area contributed by atoms with E-state index >= 15 is 0 Å². The second-order valence-electron chi connectivity index (χ2n) is 5.80. The van der Waals surface area contributed by atoms with Crippen LogP contribution >= 0.6 is 0 Å². The molecule has 1 aromatic rings. The highest BCUT2D eigenvalue weighted by Gasteiger charge is 2.27. The van der Waals surface area contributed by atoms with Gasteiger partial charge in [0.25, 0.3) is 0 Å². The van der Waals surface area contributed by atoms with Crippen molar-refractivity contribution in [2.75, 3.05) is 13.7 Å². The predicted molar refractivity (Wildman–Crippen MR) is 87.8 cm³/mol. The van der Waals surface area contributed by atoms with Gasteiger partial charge in [0.15, 0.2) is 5.78 Å². The van der Waals surface area contributed by atoms with Crippen LogP contribution in [0, 0.1) is 0 Å². The third-order valence-corrected chi connectivity index (χ3v) is 4.16. The Hall–Kier alpha value is -1.88. The summed E-state index contributed by atoms with van der Waals surface area (Å²) in [5.41, 5.74) is 0.575. The van der Waals surface area contributed by atoms with E-state index in [1.807, 2.05) is 0 Å². The van der Waals surface area contributed by atoms with Gasteiger partial charge in [0.05, 0.1) is 26.2 Å². The molecule has 0 aromatic heterocycles. The number of Topliss-reactive ketones (excluding diaryl/α,β-unsaturated/α-hetero) is 1. The first-order valence-corrected chi connectivity index (χ1v) is 8.24. The topological polar surface area (TPSA) is 64.6 Å². The first-order valence-electron chi connectivity index (χ1n) is 8.24. The third kappa shape index (κ3) is 5.06. The van der Waals surface area contributed by atoms with Crippen LogP contribution in [0.1, 0.15) is 49.4 Å². The highest BCUT2D eigenvalue weighted by atomic mass is 16.5. The fraction of sp³-hybridized carbons (Fsp3) is 0.556. The number of ether oxygens (including phenoxy) is 2. The molecule has 5 nitrogen and oxygen atoms in total. The maximum absolute atomic E-state index is 12.8. The number of nitrogens with one attached hydrogen (secondary N) is 1. The second kappa shape index (κ2) is 8.67. The summed E-state index contributed by atoms with van der Waals surface area (Å²) >= 11 is 0. The first kappa shape index (κ1) is 17.5. The Morgan fingerprint density at radius 1 is 1.22 bits per heavy atom. The lowest BCUT2D eigenvalue weighted by Crippen LogP contribution is -2.43. The number of hydrogen-bond acceptors (Lipinski definition) is 5. The van der Waals surface area contributed by atoms with Crippen molar-refractivity contribution < 1.29 is 19.1 Å². The normalized spacial score (nSPS) is 16.1. The van der Waals surface area contributed by atoms with Crippen LogP contribution in [-0.4, -0.2) is 37.6 Å². The van der Waals surface area contributed by atoms with Crippen molar-refractivity contribution in [2.45, 2.75) is 51.1 Å². The van der Waals surface area contributed by atoms with Gasteiger partial charge in [0.2, 0.25) is 0 Å². The summed E-state index contributed by atoms with van der Waals surface area (Å²) in [6, 6.07) is 6.74. The molecule has 1 N–H and O–H groups in total. The molecule has 1 aliphatic rings. The molecule has 1 unspecified atom stereocenters. The molecule has 0 saturated heterocycles. The number of esters is 1. The zero-order chi connectivity index (χ0) is 16.7. The Balaban J connectivity index is 2.09. The van der Waals surface area contributed by atoms with Crippen molar-refractivity contribution in [3.63, 3.8) is 0 Å². The number of methoxy groups -OCH3 is 1. The molecule has 0 radical (unpaired) electrons. The Morgan fingerprint density at radius 3 is 2.43 bits per heavy atom. The molecular weight excluding hydrogens is 294 g/mol. The molecule has 5 heteroatoms. The molecule has 2 rings (SSSR count). The van der Waals surface area contributed by atoms with E-state index in [4.69, 9.17) is 9.47 Å². The minimum Gasteiger partial charge on any atom is -0.497 e. The van der Waals surface area contributed by atoms with Crippen molar-refractivity contribution in [1.82, 2.24) is 5.32 Å². The van der Waals surface area contributed by atoms with E-state index in [9.17, 15) is 9.59 Å². The molecule has 0 heterocycles. The third-order valence-electron chi connectivity index (χ3n) is 4.16. The maximum Gasteiger partial charge on any atom is 0.307 e. The molecule has 1 atom stereocenters. The smallest absolute Gasteiger partial charge is 0.307 e. The summed E-state index contributed by atoms with van der Waals surface area (Å²) in [6.45, 7) is 2.09. The summed E-state index contributed by atoms with van der Waals surface area (Å²) in [6.07, 6.45) is 4.50. The lowest BCUT2D eigenvalue weighted by Gasteiger charge is -2.21. The number of benzene rings is 1. The number of ketones is 1. The Bertz CT molecular complexity index is 520. The predicted octanol–water partition coefficient (Wildman–Crippen LogP) is 2.73. The van der Waals surface area contributed by atoms with Gasteiger partial charge in [-0.3, -0.25) is 9.59 Å². The van der Waals surface area contributed by atoms with Crippen LogP contribution in [0.4, 0.5) is 0 Å². The van der Waals surface area contributed by atoms with Crippen LogP contribution in [0.2, 0.25) is 0 Å². The Kier molecular flexibility index (Phi) is 6.59. The van der Waals surface area contributed by atoms with Crippen LogP contribution in [0.15, 0.2) is 24.3 Å². The molecule has 0 amide bonds. The van der Waals surface area contributed by atoms with Crippen molar-refractivity contribution >= 4 is 11.8 Å². The highest BCUT2D eigenvalue weighted by Crippen LogP contribution is 2.20. The minimum atomic E-state index is -0.537. The van der Waals surface area contributed by atoms with E-state index in [2.05, 4.69) is 5.32 Å². The van der Waals surface area contributed by atoms with Crippen LogP contribution in [0.3, 0.4) is 0 Å². The van der Waals surface area contributed by atoms with Gasteiger partial charge in [-0.05, 0) is 44.0 Å². The van der Waals surface area contributed by atoms with Crippen molar-refractivity contribution in [1.29, 1.82) is 0 Å². The summed E-state index contributed by atoms with van der Waals surface area (Å²) in [5.74, 6) is 0.282. The van der Waals surface area contributed by atoms with Gasteiger partial charge in [-0.1, -0.05) is 12.8 Å². The van der Waals surface area contributed by atoms with Crippen LogP contribution in [-0.2, 0) is 9.53 Å². The van der Waals surface area contributed by atoms with Crippen LogP contribution in [0.25, 0.3) is 0 Å². The molecule has 0 bridgehead atoms. The van der Waals surface area contributed by atoms with Gasteiger partial charge in [-0.25, -0.2) is 0 Å². The van der Waals surface area contributed by atoms with Crippen molar-refractivity contribution in [3.8, 4) is 5.75 Å². The fourth-order valence-electron chi connectivity index (χ4n) is 2.95. The molecule has 126 valence electrons. The standard InChI is InChI=1S/C18H25NO4/c1-3-23-17(20)12-16(19-14-6-4-5-7-14)18(21)13-8-10-15(22-2)11-9-13/h8-11,14,16,19H,3-7,12H2,1-2H3. The molecule has 1 aliphatic carbocycles. The molecule has 23 heavy (non-hydrogen) atoms. The number of rotatable bonds is 8. The molecule has 1 saturated carbocycles. The van der Waals surface area contributed by atoms with E-state index in [-0.39, 0.29) is 18.2 Å². The monoisotopic (exact) mass is 319 g/mol. The van der Waals surface area contributed by atoms with Crippen LogP contribution in [0.5, 0.6) is 5.75 Å². The van der Waals surface area contributed by atoms with Crippen LogP contribution < -0.4 is 10.1 Å². The Morgan fingerprint density at radius 2 is 1.87 bits per heavy atom. The molecule has 1 fully saturated rings. The van der Waals surface area contributed by atoms with Crippen molar-refractivity contribution in [3.05, 3.63) is 29.8 Å². The van der Waals surface area contributed by atoms with Gasteiger partial charge in [0, 0.05) is 11.6 Å². The average molecular weight is 319 g/mol. The van der Waals surface area contributed by atoms with Gasteiger partial charge in [-0.15, -0.1) is 0 Å². The fourth-order valence-corrected chi connectivity index (χ4v) is 2.95. The first-order chi connectivity index (χ1) is 11.1. The van der Waals surface area contributed by atoms with E-state index in [0.29, 0.717) is 24.0 Å². The molecular formula is C18H25NO4. The van der Waals surface area contributed by atoms with E-state index in [1.165, 1.54) is 12.8 Å². The zero-order valence-corrected chi connectivity index (χ0v) is 13.8. The summed E-state index contributed by atoms with van der Waals surface area (Å²) in [5, 5.41) is 3.35. The summed E-state index contributed by atoms with van der Waals surface area (Å²) in [7, 11) is 1.59. The average Bonchev–Trinajstić information content (AvgIpc) is 3.07. The van der Waals surface area contributed by atoms with Gasteiger partial charge in [-0.2, -0.15) is 0 Å². The summed E-state index contributed by atoms with van der Waals surface area (Å²) in [4.78, 5) is 24.6. The summed E-state index contributed by atoms with van der Waals surface area (Å²) < 4.78 is 10.1. The number of carbonyl (C=O) groups is 2. The molecule has 0 aliphatic heterocycles. The second-order valence-corrected chi connectivity index (χ2v) is 5.80. The lowest BCUT2D eigenvalue weighted by atomic mass is 10.00. The van der Waals surface area contributed by atoms with E-state index < -0.39 is 6.04 Å². The van der Waals surface area contributed by atoms with E-state index in [0.717, 1.165) is 12.8 Å². The van der Waals surface area contributed by atoms with Crippen molar-refractivity contribution in [2.24, 2.45) is 0 Å². The lowest BCUT2D eigenvalue weighted by molar-refractivity contribution is -0.143. The maximum atomic E-state index is 12.8. The quantitative estimate of drug-likeness (QED) is 0.589. The number of carbonyl (C=O) groups excluding carboxylic acids is 2. The largest absolute Gasteiger partial charge is 0.497 e. The van der Waals surface area contributed by atoms with Gasteiger partial charge < -0.3 is 14.8 Å². The van der Waals surface area contributed by atoms with E-state index in [1.54, 1.807) is 38.3 Å². The molecule has 1 aromatic carbocycles. The van der Waals surface area contributed by atoms with Gasteiger partial charge in [0.1, 0.15) is 5.75 Å². The minimum absolute atomic E-state index is 0.0647.